The van der Waals surface area contributed by atoms with Crippen molar-refractivity contribution in [1.29, 1.82) is 0 Å². The summed E-state index contributed by atoms with van der Waals surface area (Å²) in [5, 5.41) is 8.67. The zero-order valence-electron chi connectivity index (χ0n) is 5.49. The van der Waals surface area contributed by atoms with E-state index in [0.29, 0.717) is 5.75 Å². The fourth-order valence-electron chi connectivity index (χ4n) is 1.05. The molecule has 1 heterocycles. The first kappa shape index (κ1) is 8.27. The molecule has 0 aromatic heterocycles. The van der Waals surface area contributed by atoms with Crippen LogP contribution in [0, 0.1) is 11.8 Å². The molecule has 1 rings (SSSR count). The number of rotatable bonds is 2. The molecule has 1 aliphatic heterocycles. The van der Waals surface area contributed by atoms with Crippen LogP contribution in [0.5, 0.6) is 0 Å². The predicted octanol–water partition coefficient (Wildman–Crippen LogP) is 0.980. The SMILES string of the molecule is O=C(O)[C@H]1CSC[C@@H]1CS. The average molecular weight is 178 g/mol. The topological polar surface area (TPSA) is 37.3 Å². The number of carbonyl (C=O) groups is 1. The van der Waals surface area contributed by atoms with Gasteiger partial charge in [0, 0.05) is 5.75 Å². The predicted molar refractivity (Wildman–Crippen MR) is 45.8 cm³/mol. The van der Waals surface area contributed by atoms with Gasteiger partial charge in [-0.05, 0) is 17.4 Å². The van der Waals surface area contributed by atoms with Crippen LogP contribution >= 0.6 is 24.4 Å². The Morgan fingerprint density at radius 1 is 1.70 bits per heavy atom. The Morgan fingerprint density at radius 2 is 2.40 bits per heavy atom. The Hall–Kier alpha value is 0.170. The molecule has 0 saturated carbocycles. The molecule has 58 valence electrons. The molecule has 2 atom stereocenters. The van der Waals surface area contributed by atoms with Gasteiger partial charge in [-0.1, -0.05) is 0 Å². The van der Waals surface area contributed by atoms with Crippen LogP contribution in [0.2, 0.25) is 0 Å². The summed E-state index contributed by atoms with van der Waals surface area (Å²) in [7, 11) is 0. The molecule has 0 amide bonds. The van der Waals surface area contributed by atoms with Crippen molar-refractivity contribution in [2.24, 2.45) is 11.8 Å². The minimum atomic E-state index is -0.663. The molecule has 0 aromatic carbocycles. The van der Waals surface area contributed by atoms with Crippen LogP contribution in [0.25, 0.3) is 0 Å². The van der Waals surface area contributed by atoms with E-state index in [9.17, 15) is 4.79 Å². The number of carboxylic acids is 1. The smallest absolute Gasteiger partial charge is 0.307 e. The third-order valence-electron chi connectivity index (χ3n) is 1.75. The van der Waals surface area contributed by atoms with Crippen molar-refractivity contribution >= 4 is 30.4 Å². The maximum atomic E-state index is 10.5. The lowest BCUT2D eigenvalue weighted by molar-refractivity contribution is -0.141. The molecule has 1 aliphatic rings. The molecule has 0 radical (unpaired) electrons. The normalized spacial score (nSPS) is 32.5. The summed E-state index contributed by atoms with van der Waals surface area (Å²) in [5.74, 6) is 1.89. The van der Waals surface area contributed by atoms with E-state index in [0.717, 1.165) is 11.5 Å². The molecule has 10 heavy (non-hydrogen) atoms. The summed E-state index contributed by atoms with van der Waals surface area (Å²) in [6.45, 7) is 0. The van der Waals surface area contributed by atoms with Gasteiger partial charge in [0.15, 0.2) is 0 Å². The first-order valence-corrected chi connectivity index (χ1v) is 4.96. The standard InChI is InChI=1S/C6H10O2S2/c7-6(8)5-3-10-2-4(5)1-9/h4-5,9H,1-3H2,(H,7,8)/t4-,5-/m0/s1. The maximum absolute atomic E-state index is 10.5. The summed E-state index contributed by atoms with van der Waals surface area (Å²) in [6, 6.07) is 0. The quantitative estimate of drug-likeness (QED) is 0.619. The minimum Gasteiger partial charge on any atom is -0.481 e. The van der Waals surface area contributed by atoms with E-state index in [-0.39, 0.29) is 11.8 Å². The summed E-state index contributed by atoms with van der Waals surface area (Å²) in [6.07, 6.45) is 0. The van der Waals surface area contributed by atoms with Crippen LogP contribution < -0.4 is 0 Å². The number of thioether (sulfide) groups is 1. The van der Waals surface area contributed by atoms with Crippen LogP contribution in [0.4, 0.5) is 0 Å². The molecule has 0 spiro atoms. The Labute approximate surface area is 69.8 Å². The molecular weight excluding hydrogens is 168 g/mol. The highest BCUT2D eigenvalue weighted by Crippen LogP contribution is 2.30. The minimum absolute atomic E-state index is 0.150. The number of hydrogen-bond acceptors (Lipinski definition) is 3. The van der Waals surface area contributed by atoms with Crippen LogP contribution in [0.15, 0.2) is 0 Å². The summed E-state index contributed by atoms with van der Waals surface area (Å²) >= 11 is 5.81. The van der Waals surface area contributed by atoms with Crippen molar-refractivity contribution in [1.82, 2.24) is 0 Å². The first-order chi connectivity index (χ1) is 4.75. The van der Waals surface area contributed by atoms with E-state index in [1.807, 2.05) is 0 Å². The number of hydrogen-bond donors (Lipinski definition) is 2. The van der Waals surface area contributed by atoms with Gasteiger partial charge >= 0.3 is 5.97 Å². The second-order valence-electron chi connectivity index (χ2n) is 2.42. The van der Waals surface area contributed by atoms with Gasteiger partial charge < -0.3 is 5.11 Å². The van der Waals surface area contributed by atoms with Crippen molar-refractivity contribution in [2.45, 2.75) is 0 Å². The Balaban J connectivity index is 2.50. The van der Waals surface area contributed by atoms with Gasteiger partial charge in [-0.3, -0.25) is 4.79 Å². The highest BCUT2D eigenvalue weighted by molar-refractivity contribution is 7.99. The van der Waals surface area contributed by atoms with Gasteiger partial charge in [0.1, 0.15) is 0 Å². The van der Waals surface area contributed by atoms with Gasteiger partial charge in [0.2, 0.25) is 0 Å². The Bertz CT molecular complexity index is 138. The zero-order valence-corrected chi connectivity index (χ0v) is 7.20. The maximum Gasteiger partial charge on any atom is 0.307 e. The molecule has 0 aromatic rings. The molecule has 0 unspecified atom stereocenters. The number of carboxylic acid groups (broad SMARTS) is 1. The van der Waals surface area contributed by atoms with E-state index < -0.39 is 5.97 Å². The number of aliphatic carboxylic acids is 1. The molecule has 1 saturated heterocycles. The van der Waals surface area contributed by atoms with Crippen LogP contribution in [-0.2, 0) is 4.79 Å². The van der Waals surface area contributed by atoms with Crippen LogP contribution in [0.1, 0.15) is 0 Å². The fraction of sp³-hybridized carbons (Fsp3) is 0.833. The third-order valence-corrected chi connectivity index (χ3v) is 3.48. The zero-order chi connectivity index (χ0) is 7.56. The van der Waals surface area contributed by atoms with Crippen molar-refractivity contribution in [2.75, 3.05) is 17.3 Å². The monoisotopic (exact) mass is 178 g/mol. The Kier molecular flexibility index (Phi) is 2.92. The van der Waals surface area contributed by atoms with Gasteiger partial charge in [-0.2, -0.15) is 24.4 Å². The van der Waals surface area contributed by atoms with Gasteiger partial charge in [-0.15, -0.1) is 0 Å². The van der Waals surface area contributed by atoms with Gasteiger partial charge in [-0.25, -0.2) is 0 Å². The summed E-state index contributed by atoms with van der Waals surface area (Å²) in [4.78, 5) is 10.5. The van der Waals surface area contributed by atoms with Gasteiger partial charge in [0.25, 0.3) is 0 Å². The third kappa shape index (κ3) is 1.61. The molecule has 1 N–H and O–H groups in total. The van der Waals surface area contributed by atoms with Gasteiger partial charge in [0.05, 0.1) is 5.92 Å². The van der Waals surface area contributed by atoms with E-state index in [2.05, 4.69) is 12.6 Å². The van der Waals surface area contributed by atoms with Crippen molar-refractivity contribution < 1.29 is 9.90 Å². The highest BCUT2D eigenvalue weighted by atomic mass is 32.2. The molecule has 4 heteroatoms. The van der Waals surface area contributed by atoms with E-state index in [4.69, 9.17) is 5.11 Å². The molecular formula is C6H10O2S2. The number of thiol groups is 1. The fourth-order valence-corrected chi connectivity index (χ4v) is 3.07. The van der Waals surface area contributed by atoms with Crippen LogP contribution in [-0.4, -0.2) is 28.3 Å². The van der Waals surface area contributed by atoms with Crippen molar-refractivity contribution in [3.63, 3.8) is 0 Å². The Morgan fingerprint density at radius 3 is 2.80 bits per heavy atom. The lowest BCUT2D eigenvalue weighted by Gasteiger charge is -2.09. The molecule has 1 fully saturated rings. The molecule has 2 nitrogen and oxygen atoms in total. The van der Waals surface area contributed by atoms with E-state index in [1.54, 1.807) is 11.8 Å². The largest absolute Gasteiger partial charge is 0.481 e. The molecule has 0 aliphatic carbocycles. The summed E-state index contributed by atoms with van der Waals surface area (Å²) in [5.41, 5.74) is 0. The lowest BCUT2D eigenvalue weighted by atomic mass is 9.98. The highest BCUT2D eigenvalue weighted by Gasteiger charge is 2.32. The lowest BCUT2D eigenvalue weighted by Crippen LogP contribution is -2.22. The van der Waals surface area contributed by atoms with Crippen molar-refractivity contribution in [3.05, 3.63) is 0 Å². The first-order valence-electron chi connectivity index (χ1n) is 3.17. The van der Waals surface area contributed by atoms with Crippen LogP contribution in [0.3, 0.4) is 0 Å². The summed E-state index contributed by atoms with van der Waals surface area (Å²) < 4.78 is 0. The molecule has 0 bridgehead atoms. The van der Waals surface area contributed by atoms with Crippen molar-refractivity contribution in [3.8, 4) is 0 Å². The second-order valence-corrected chi connectivity index (χ2v) is 3.86. The van der Waals surface area contributed by atoms with E-state index >= 15 is 0 Å². The second kappa shape index (κ2) is 3.53. The average Bonchev–Trinajstić information content (AvgIpc) is 2.33. The van der Waals surface area contributed by atoms with E-state index in [1.165, 1.54) is 0 Å².